The summed E-state index contributed by atoms with van der Waals surface area (Å²) in [6, 6.07) is 0.565. The number of hydrogen-bond donors (Lipinski definition) is 1. The van der Waals surface area contributed by atoms with Gasteiger partial charge in [0.1, 0.15) is 0 Å². The van der Waals surface area contributed by atoms with Gasteiger partial charge in [0.2, 0.25) is 0 Å². The van der Waals surface area contributed by atoms with Gasteiger partial charge in [-0.3, -0.25) is 4.68 Å². The smallest absolute Gasteiger partial charge is 0.0965 e. The molecular weight excluding hydrogens is 226 g/mol. The van der Waals surface area contributed by atoms with Crippen LogP contribution in [0.3, 0.4) is 0 Å². The van der Waals surface area contributed by atoms with Crippen molar-refractivity contribution in [2.45, 2.75) is 59.3 Å². The molecule has 5 heteroatoms. The van der Waals surface area contributed by atoms with Crippen LogP contribution in [-0.4, -0.2) is 45.1 Å². The van der Waals surface area contributed by atoms with E-state index >= 15 is 0 Å². The highest BCUT2D eigenvalue weighted by atomic mass is 15.4. The minimum atomic E-state index is 0.113. The number of nitrogens with one attached hydrogen (secondary N) is 1. The molecule has 1 heterocycles. The molecule has 0 atom stereocenters. The first-order valence-corrected chi connectivity index (χ1v) is 6.62. The zero-order valence-corrected chi connectivity index (χ0v) is 12.6. The molecular formula is C13H27N5. The quantitative estimate of drug-likeness (QED) is 0.834. The molecule has 0 bridgehead atoms. The van der Waals surface area contributed by atoms with Crippen molar-refractivity contribution in [3.8, 4) is 0 Å². The largest absolute Gasteiger partial charge is 0.306 e. The molecule has 0 fully saturated rings. The van der Waals surface area contributed by atoms with Crippen molar-refractivity contribution in [2.24, 2.45) is 0 Å². The summed E-state index contributed by atoms with van der Waals surface area (Å²) in [6.45, 7) is 13.5. The van der Waals surface area contributed by atoms with E-state index in [0.717, 1.165) is 25.3 Å². The maximum Gasteiger partial charge on any atom is 0.0965 e. The number of nitrogens with zero attached hydrogens (tertiary/aromatic N) is 4. The number of likely N-dealkylation sites (N-methyl/N-ethyl adjacent to an activating group) is 1. The average Bonchev–Trinajstić information content (AvgIpc) is 2.70. The molecule has 0 aliphatic rings. The molecule has 1 N–H and O–H groups in total. The fourth-order valence-electron chi connectivity index (χ4n) is 1.40. The zero-order chi connectivity index (χ0) is 13.8. The van der Waals surface area contributed by atoms with Crippen LogP contribution >= 0.6 is 0 Å². The Labute approximate surface area is 111 Å². The lowest BCUT2D eigenvalue weighted by atomic mass is 10.1. The van der Waals surface area contributed by atoms with Gasteiger partial charge < -0.3 is 10.2 Å². The number of hydrogen-bond acceptors (Lipinski definition) is 4. The molecule has 104 valence electrons. The Morgan fingerprint density at radius 1 is 1.39 bits per heavy atom. The molecule has 0 radical (unpaired) electrons. The highest BCUT2D eigenvalue weighted by Crippen LogP contribution is 2.02. The molecule has 0 aliphatic heterocycles. The van der Waals surface area contributed by atoms with Crippen LogP contribution < -0.4 is 5.32 Å². The van der Waals surface area contributed by atoms with Crippen LogP contribution in [0.25, 0.3) is 0 Å². The van der Waals surface area contributed by atoms with Crippen LogP contribution in [0.1, 0.15) is 40.3 Å². The van der Waals surface area contributed by atoms with Gasteiger partial charge in [-0.05, 0) is 41.7 Å². The molecule has 5 nitrogen and oxygen atoms in total. The first-order chi connectivity index (χ1) is 8.28. The molecule has 0 spiro atoms. The first-order valence-electron chi connectivity index (χ1n) is 6.62. The topological polar surface area (TPSA) is 46.0 Å². The third kappa shape index (κ3) is 5.60. The molecule has 0 saturated carbocycles. The molecule has 0 amide bonds. The Bertz CT molecular complexity index is 351. The van der Waals surface area contributed by atoms with E-state index in [1.165, 1.54) is 0 Å². The predicted molar refractivity (Wildman–Crippen MR) is 74.4 cm³/mol. The van der Waals surface area contributed by atoms with Gasteiger partial charge in [-0.25, -0.2) is 0 Å². The lowest BCUT2D eigenvalue weighted by Gasteiger charge is -2.20. The predicted octanol–water partition coefficient (Wildman–Crippen LogP) is 1.51. The normalized spacial score (nSPS) is 12.7. The monoisotopic (exact) mass is 253 g/mol. The van der Waals surface area contributed by atoms with Crippen molar-refractivity contribution in [2.75, 3.05) is 13.6 Å². The lowest BCUT2D eigenvalue weighted by molar-refractivity contribution is 0.258. The SMILES string of the molecule is CC(C)N(C)CCn1cc(CNC(C)(C)C)nn1. The highest BCUT2D eigenvalue weighted by Gasteiger charge is 2.10. The van der Waals surface area contributed by atoms with Gasteiger partial charge in [-0.1, -0.05) is 5.21 Å². The molecule has 1 aromatic heterocycles. The van der Waals surface area contributed by atoms with E-state index in [4.69, 9.17) is 0 Å². The summed E-state index contributed by atoms with van der Waals surface area (Å²) in [4.78, 5) is 2.30. The zero-order valence-electron chi connectivity index (χ0n) is 12.6. The summed E-state index contributed by atoms with van der Waals surface area (Å²) in [5.74, 6) is 0. The van der Waals surface area contributed by atoms with Crippen LogP contribution in [0.2, 0.25) is 0 Å². The van der Waals surface area contributed by atoms with Gasteiger partial charge in [0.25, 0.3) is 0 Å². The van der Waals surface area contributed by atoms with Gasteiger partial charge >= 0.3 is 0 Å². The van der Waals surface area contributed by atoms with Gasteiger partial charge in [0, 0.05) is 30.9 Å². The van der Waals surface area contributed by atoms with E-state index in [1.54, 1.807) is 0 Å². The molecule has 1 rings (SSSR count). The van der Waals surface area contributed by atoms with E-state index in [0.29, 0.717) is 6.04 Å². The molecule has 0 aromatic carbocycles. The lowest BCUT2D eigenvalue weighted by Crippen LogP contribution is -2.35. The fraction of sp³-hybridized carbons (Fsp3) is 0.846. The maximum absolute atomic E-state index is 4.17. The first kappa shape index (κ1) is 15.1. The summed E-state index contributed by atoms with van der Waals surface area (Å²) in [5.41, 5.74) is 1.11. The van der Waals surface area contributed by atoms with Crippen LogP contribution in [0.4, 0.5) is 0 Å². The third-order valence-electron chi connectivity index (χ3n) is 2.95. The fourth-order valence-corrected chi connectivity index (χ4v) is 1.40. The maximum atomic E-state index is 4.17. The van der Waals surface area contributed by atoms with Crippen LogP contribution in [-0.2, 0) is 13.1 Å². The Kier molecular flexibility index (Phi) is 5.28. The number of rotatable bonds is 6. The van der Waals surface area contributed by atoms with Crippen molar-refractivity contribution in [1.29, 1.82) is 0 Å². The van der Waals surface area contributed by atoms with Gasteiger partial charge in [-0.15, -0.1) is 5.10 Å². The van der Waals surface area contributed by atoms with Crippen molar-refractivity contribution in [3.63, 3.8) is 0 Å². The van der Waals surface area contributed by atoms with Gasteiger partial charge in [-0.2, -0.15) is 0 Å². The molecule has 18 heavy (non-hydrogen) atoms. The number of aromatic nitrogens is 3. The van der Waals surface area contributed by atoms with E-state index in [-0.39, 0.29) is 5.54 Å². The van der Waals surface area contributed by atoms with Crippen molar-refractivity contribution in [1.82, 2.24) is 25.2 Å². The van der Waals surface area contributed by atoms with Crippen molar-refractivity contribution in [3.05, 3.63) is 11.9 Å². The van der Waals surface area contributed by atoms with Crippen LogP contribution in [0.15, 0.2) is 6.20 Å². The Balaban J connectivity index is 2.39. The van der Waals surface area contributed by atoms with Crippen molar-refractivity contribution < 1.29 is 0 Å². The second-order valence-corrected chi connectivity index (χ2v) is 6.15. The van der Waals surface area contributed by atoms with E-state index in [2.05, 4.69) is 62.2 Å². The standard InChI is InChI=1S/C13H27N5/c1-11(2)17(6)7-8-18-10-12(15-16-18)9-14-13(3,4)5/h10-11,14H,7-9H2,1-6H3. The third-order valence-corrected chi connectivity index (χ3v) is 2.95. The van der Waals surface area contributed by atoms with Crippen molar-refractivity contribution >= 4 is 0 Å². The van der Waals surface area contributed by atoms with E-state index < -0.39 is 0 Å². The summed E-state index contributed by atoms with van der Waals surface area (Å²) in [7, 11) is 2.13. The second kappa shape index (κ2) is 6.29. The highest BCUT2D eigenvalue weighted by molar-refractivity contribution is 4.93. The Morgan fingerprint density at radius 2 is 2.06 bits per heavy atom. The molecule has 0 aliphatic carbocycles. The van der Waals surface area contributed by atoms with E-state index in [1.807, 2.05) is 10.9 Å². The molecule has 1 aromatic rings. The average molecular weight is 253 g/mol. The summed E-state index contributed by atoms with van der Waals surface area (Å²) < 4.78 is 1.92. The minimum absolute atomic E-state index is 0.113. The minimum Gasteiger partial charge on any atom is -0.306 e. The second-order valence-electron chi connectivity index (χ2n) is 6.15. The molecule has 0 unspecified atom stereocenters. The molecule has 0 saturated heterocycles. The summed E-state index contributed by atoms with van der Waals surface area (Å²) in [6.07, 6.45) is 2.02. The Morgan fingerprint density at radius 3 is 2.61 bits per heavy atom. The van der Waals surface area contributed by atoms with Gasteiger partial charge in [0.15, 0.2) is 0 Å². The summed E-state index contributed by atoms with van der Waals surface area (Å²) >= 11 is 0. The van der Waals surface area contributed by atoms with E-state index in [9.17, 15) is 0 Å². The summed E-state index contributed by atoms with van der Waals surface area (Å²) in [5, 5.41) is 11.7. The van der Waals surface area contributed by atoms with Gasteiger partial charge in [0.05, 0.1) is 12.2 Å². The van der Waals surface area contributed by atoms with Crippen LogP contribution in [0, 0.1) is 0 Å². The van der Waals surface area contributed by atoms with Crippen LogP contribution in [0.5, 0.6) is 0 Å². The Hall–Kier alpha value is -0.940.